The molecule has 5 heteroatoms. The van der Waals surface area contributed by atoms with Crippen LogP contribution in [0.3, 0.4) is 0 Å². The normalized spacial score (nSPS) is 14.9. The van der Waals surface area contributed by atoms with Crippen LogP contribution in [0.5, 0.6) is 0 Å². The summed E-state index contributed by atoms with van der Waals surface area (Å²) in [5.74, 6) is 0.767. The van der Waals surface area contributed by atoms with Gasteiger partial charge in [0.25, 0.3) is 0 Å². The van der Waals surface area contributed by atoms with E-state index in [4.69, 9.17) is 10.8 Å². The summed E-state index contributed by atoms with van der Waals surface area (Å²) in [6.45, 7) is 1.94. The summed E-state index contributed by atoms with van der Waals surface area (Å²) in [5, 5.41) is 11.4. The van der Waals surface area contributed by atoms with Crippen molar-refractivity contribution in [2.45, 2.75) is 31.8 Å². The second kappa shape index (κ2) is 8.08. The molecule has 0 bridgehead atoms. The first-order valence-electron chi connectivity index (χ1n) is 4.77. The summed E-state index contributed by atoms with van der Waals surface area (Å²) in [4.78, 5) is 11.4. The third-order valence-corrected chi connectivity index (χ3v) is 2.56. The van der Waals surface area contributed by atoms with Crippen LogP contribution in [0.25, 0.3) is 0 Å². The second-order valence-corrected chi connectivity index (χ2v) is 4.30. The number of rotatable bonds is 7. The average Bonchev–Trinajstić information content (AvgIpc) is 2.14. The van der Waals surface area contributed by atoms with Gasteiger partial charge in [0, 0.05) is 12.6 Å². The van der Waals surface area contributed by atoms with Gasteiger partial charge in [0.2, 0.25) is 5.91 Å². The molecule has 1 unspecified atom stereocenters. The highest BCUT2D eigenvalue weighted by molar-refractivity contribution is 7.98. The number of amides is 1. The van der Waals surface area contributed by atoms with E-state index >= 15 is 0 Å². The lowest BCUT2D eigenvalue weighted by Crippen LogP contribution is -2.44. The van der Waals surface area contributed by atoms with Crippen molar-refractivity contribution >= 4 is 17.7 Å². The van der Waals surface area contributed by atoms with Crippen molar-refractivity contribution in [2.75, 3.05) is 18.6 Å². The van der Waals surface area contributed by atoms with Gasteiger partial charge in [0.05, 0.1) is 6.04 Å². The lowest BCUT2D eigenvalue weighted by molar-refractivity contribution is -0.123. The van der Waals surface area contributed by atoms with E-state index in [1.165, 1.54) is 0 Å². The Balaban J connectivity index is 3.71. The summed E-state index contributed by atoms with van der Waals surface area (Å²) >= 11 is 1.68. The summed E-state index contributed by atoms with van der Waals surface area (Å²) in [6.07, 6.45) is 3.25. The van der Waals surface area contributed by atoms with Crippen molar-refractivity contribution in [1.29, 1.82) is 0 Å². The molecule has 1 amide bonds. The van der Waals surface area contributed by atoms with E-state index in [-0.39, 0.29) is 18.6 Å². The third-order valence-electron chi connectivity index (χ3n) is 1.92. The van der Waals surface area contributed by atoms with Gasteiger partial charge in [-0.2, -0.15) is 11.8 Å². The lowest BCUT2D eigenvalue weighted by Gasteiger charge is -2.16. The van der Waals surface area contributed by atoms with Crippen LogP contribution in [0, 0.1) is 0 Å². The topological polar surface area (TPSA) is 75.4 Å². The molecular weight excluding hydrogens is 200 g/mol. The Morgan fingerprint density at radius 3 is 2.71 bits per heavy atom. The molecule has 0 aliphatic heterocycles. The first-order chi connectivity index (χ1) is 6.61. The summed E-state index contributed by atoms with van der Waals surface area (Å²) in [7, 11) is 0. The standard InChI is InChI=1S/C9H20N2O2S/c1-7(3-5-12)11-9(13)8(10)4-6-14-2/h7-8,12H,3-6,10H2,1-2H3,(H,11,13)/t7?,8-/m1/s1. The van der Waals surface area contributed by atoms with Crippen molar-refractivity contribution in [3.63, 3.8) is 0 Å². The van der Waals surface area contributed by atoms with Crippen molar-refractivity contribution < 1.29 is 9.90 Å². The Kier molecular flexibility index (Phi) is 7.93. The summed E-state index contributed by atoms with van der Waals surface area (Å²) in [5.41, 5.74) is 5.66. The maximum absolute atomic E-state index is 11.4. The predicted molar refractivity (Wildman–Crippen MR) is 60.3 cm³/mol. The van der Waals surface area contributed by atoms with E-state index in [0.29, 0.717) is 12.8 Å². The highest BCUT2D eigenvalue weighted by Crippen LogP contribution is 1.99. The quantitative estimate of drug-likeness (QED) is 0.562. The smallest absolute Gasteiger partial charge is 0.237 e. The fourth-order valence-corrected chi connectivity index (χ4v) is 1.48. The molecule has 0 aliphatic rings. The molecule has 0 aromatic heterocycles. The van der Waals surface area contributed by atoms with Crippen molar-refractivity contribution in [2.24, 2.45) is 5.73 Å². The van der Waals surface area contributed by atoms with Gasteiger partial charge >= 0.3 is 0 Å². The number of aliphatic hydroxyl groups excluding tert-OH is 1. The SMILES string of the molecule is CSCC[C@@H](N)C(=O)NC(C)CCO. The van der Waals surface area contributed by atoms with E-state index in [0.717, 1.165) is 5.75 Å². The largest absolute Gasteiger partial charge is 0.396 e. The van der Waals surface area contributed by atoms with Gasteiger partial charge < -0.3 is 16.2 Å². The first kappa shape index (κ1) is 13.7. The monoisotopic (exact) mass is 220 g/mol. The minimum Gasteiger partial charge on any atom is -0.396 e. The number of carbonyl (C=O) groups excluding carboxylic acids is 1. The van der Waals surface area contributed by atoms with E-state index in [2.05, 4.69) is 5.32 Å². The Morgan fingerprint density at radius 2 is 2.21 bits per heavy atom. The summed E-state index contributed by atoms with van der Waals surface area (Å²) < 4.78 is 0. The van der Waals surface area contributed by atoms with Crippen LogP contribution < -0.4 is 11.1 Å². The van der Waals surface area contributed by atoms with Gasteiger partial charge in [-0.05, 0) is 31.8 Å². The maximum Gasteiger partial charge on any atom is 0.237 e. The van der Waals surface area contributed by atoms with Crippen LogP contribution in [0.4, 0.5) is 0 Å². The molecule has 4 N–H and O–H groups in total. The van der Waals surface area contributed by atoms with E-state index in [9.17, 15) is 4.79 Å². The van der Waals surface area contributed by atoms with Gasteiger partial charge in [-0.15, -0.1) is 0 Å². The van der Waals surface area contributed by atoms with Crippen LogP contribution in [0.15, 0.2) is 0 Å². The maximum atomic E-state index is 11.4. The molecule has 0 aromatic carbocycles. The average molecular weight is 220 g/mol. The van der Waals surface area contributed by atoms with Crippen molar-refractivity contribution in [3.05, 3.63) is 0 Å². The zero-order valence-electron chi connectivity index (χ0n) is 8.82. The molecule has 0 fully saturated rings. The molecule has 2 atom stereocenters. The highest BCUT2D eigenvalue weighted by Gasteiger charge is 2.14. The van der Waals surface area contributed by atoms with Gasteiger partial charge in [0.1, 0.15) is 0 Å². The lowest BCUT2D eigenvalue weighted by atomic mass is 10.2. The minimum atomic E-state index is -0.427. The number of carbonyl (C=O) groups is 1. The van der Waals surface area contributed by atoms with Gasteiger partial charge in [0.15, 0.2) is 0 Å². The molecule has 4 nitrogen and oxygen atoms in total. The predicted octanol–water partition coefficient (Wildman–Crippen LogP) is -0.0461. The number of nitrogens with two attached hydrogens (primary N) is 1. The fourth-order valence-electron chi connectivity index (χ4n) is 0.992. The third kappa shape index (κ3) is 6.23. The van der Waals surface area contributed by atoms with Crippen molar-refractivity contribution in [3.8, 4) is 0 Å². The Hall–Kier alpha value is -0.260. The molecule has 14 heavy (non-hydrogen) atoms. The van der Waals surface area contributed by atoms with E-state index in [1.807, 2.05) is 13.2 Å². The Bertz CT molecular complexity index is 167. The zero-order valence-corrected chi connectivity index (χ0v) is 9.64. The molecule has 0 rings (SSSR count). The number of hydrogen-bond acceptors (Lipinski definition) is 4. The number of thioether (sulfide) groups is 1. The van der Waals surface area contributed by atoms with Crippen LogP contribution in [-0.4, -0.2) is 41.7 Å². The fraction of sp³-hybridized carbons (Fsp3) is 0.889. The molecule has 84 valence electrons. The van der Waals surface area contributed by atoms with Gasteiger partial charge in [-0.3, -0.25) is 4.79 Å². The number of hydrogen-bond donors (Lipinski definition) is 3. The molecule has 0 aromatic rings. The second-order valence-electron chi connectivity index (χ2n) is 3.31. The zero-order chi connectivity index (χ0) is 11.0. The first-order valence-corrected chi connectivity index (χ1v) is 6.17. The van der Waals surface area contributed by atoms with Crippen LogP contribution in [0.1, 0.15) is 19.8 Å². The molecule has 0 saturated heterocycles. The van der Waals surface area contributed by atoms with Crippen molar-refractivity contribution in [1.82, 2.24) is 5.32 Å². The van der Waals surface area contributed by atoms with Gasteiger partial charge in [-0.1, -0.05) is 0 Å². The Labute approximate surface area is 89.6 Å². The number of aliphatic hydroxyl groups is 1. The number of nitrogens with one attached hydrogen (secondary N) is 1. The molecule has 0 heterocycles. The van der Waals surface area contributed by atoms with Crippen LogP contribution in [0.2, 0.25) is 0 Å². The molecule has 0 radical (unpaired) electrons. The molecule has 0 aliphatic carbocycles. The van der Waals surface area contributed by atoms with Crippen LogP contribution >= 0.6 is 11.8 Å². The van der Waals surface area contributed by atoms with E-state index in [1.54, 1.807) is 11.8 Å². The molecule has 0 saturated carbocycles. The van der Waals surface area contributed by atoms with E-state index < -0.39 is 6.04 Å². The minimum absolute atomic E-state index is 0.00664. The highest BCUT2D eigenvalue weighted by atomic mass is 32.2. The van der Waals surface area contributed by atoms with Crippen LogP contribution in [-0.2, 0) is 4.79 Å². The Morgan fingerprint density at radius 1 is 1.57 bits per heavy atom. The summed E-state index contributed by atoms with van der Waals surface area (Å²) in [6, 6.07) is -0.434. The molecular formula is C9H20N2O2S. The van der Waals surface area contributed by atoms with Gasteiger partial charge in [-0.25, -0.2) is 0 Å². The molecule has 0 spiro atoms.